The normalized spacial score (nSPS) is 21.8. The van der Waals surface area contributed by atoms with E-state index in [0.29, 0.717) is 5.92 Å². The smallest absolute Gasteiger partial charge is 0.234 e. The second-order valence-electron chi connectivity index (χ2n) is 7.16. The van der Waals surface area contributed by atoms with Gasteiger partial charge >= 0.3 is 0 Å². The van der Waals surface area contributed by atoms with Crippen molar-refractivity contribution in [2.75, 3.05) is 24.5 Å². The predicted molar refractivity (Wildman–Crippen MR) is 92.0 cm³/mol. The van der Waals surface area contributed by atoms with E-state index in [1.54, 1.807) is 0 Å². The summed E-state index contributed by atoms with van der Waals surface area (Å²) in [7, 11) is 0. The molecule has 1 unspecified atom stereocenters. The van der Waals surface area contributed by atoms with E-state index in [9.17, 15) is 9.59 Å². The van der Waals surface area contributed by atoms with Crippen LogP contribution in [0.15, 0.2) is 18.2 Å². The average Bonchev–Trinajstić information content (AvgIpc) is 2.79. The first-order chi connectivity index (χ1) is 11.0. The fourth-order valence-corrected chi connectivity index (χ4v) is 3.63. The molecule has 4 heteroatoms. The lowest BCUT2D eigenvalue weighted by atomic mass is 9.95. The van der Waals surface area contributed by atoms with Crippen LogP contribution in [-0.2, 0) is 4.79 Å². The largest absolute Gasteiger partial charge is 0.317 e. The molecule has 1 fully saturated rings. The Morgan fingerprint density at radius 3 is 2.65 bits per heavy atom. The third-order valence-corrected chi connectivity index (χ3v) is 5.13. The fourth-order valence-electron chi connectivity index (χ4n) is 3.63. The van der Waals surface area contributed by atoms with Crippen LogP contribution in [0.3, 0.4) is 0 Å². The lowest BCUT2D eigenvalue weighted by Gasteiger charge is -2.28. The van der Waals surface area contributed by atoms with Gasteiger partial charge in [-0.25, -0.2) is 0 Å². The van der Waals surface area contributed by atoms with E-state index in [1.165, 1.54) is 0 Å². The van der Waals surface area contributed by atoms with Crippen LogP contribution in [0.4, 0.5) is 5.69 Å². The molecule has 0 radical (unpaired) electrons. The molecule has 1 aromatic carbocycles. The van der Waals surface area contributed by atoms with Gasteiger partial charge in [0.2, 0.25) is 5.91 Å². The zero-order chi connectivity index (χ0) is 16.6. The molecule has 0 bridgehead atoms. The molecule has 124 valence electrons. The lowest BCUT2D eigenvalue weighted by Crippen LogP contribution is -2.38. The lowest BCUT2D eigenvalue weighted by molar-refractivity contribution is -0.119. The maximum absolute atomic E-state index is 12.7. The topological polar surface area (TPSA) is 49.4 Å². The molecule has 1 N–H and O–H groups in total. The average molecular weight is 314 g/mol. The predicted octanol–water partition coefficient (Wildman–Crippen LogP) is 2.98. The number of carbonyl (C=O) groups excluding carboxylic acids is 2. The van der Waals surface area contributed by atoms with E-state index in [1.807, 2.05) is 43.9 Å². The van der Waals surface area contributed by atoms with Crippen LogP contribution in [0, 0.1) is 11.8 Å². The molecule has 1 aromatic rings. The van der Waals surface area contributed by atoms with Crippen molar-refractivity contribution >= 4 is 17.4 Å². The van der Waals surface area contributed by atoms with E-state index in [0.717, 1.165) is 49.3 Å². The summed E-state index contributed by atoms with van der Waals surface area (Å²) in [5.41, 5.74) is 2.74. The number of nitrogens with one attached hydrogen (secondary N) is 1. The van der Waals surface area contributed by atoms with Gasteiger partial charge in [0.15, 0.2) is 5.78 Å². The highest BCUT2D eigenvalue weighted by Crippen LogP contribution is 2.39. The first kappa shape index (κ1) is 16.2. The second-order valence-corrected chi connectivity index (χ2v) is 7.16. The molecule has 2 aliphatic rings. The number of anilines is 1. The van der Waals surface area contributed by atoms with E-state index in [4.69, 9.17) is 0 Å². The monoisotopic (exact) mass is 314 g/mol. The summed E-state index contributed by atoms with van der Waals surface area (Å²) in [4.78, 5) is 26.8. The molecule has 1 saturated heterocycles. The number of hydrogen-bond donors (Lipinski definition) is 1. The minimum absolute atomic E-state index is 0.0219. The van der Waals surface area contributed by atoms with Crippen molar-refractivity contribution in [1.29, 1.82) is 0 Å². The highest BCUT2D eigenvalue weighted by molar-refractivity contribution is 6.06. The van der Waals surface area contributed by atoms with Crippen molar-refractivity contribution in [3.63, 3.8) is 0 Å². The summed E-state index contributed by atoms with van der Waals surface area (Å²) in [6.07, 6.45) is 2.24. The number of benzene rings is 1. The summed E-state index contributed by atoms with van der Waals surface area (Å²) >= 11 is 0. The Morgan fingerprint density at radius 1 is 1.30 bits per heavy atom. The van der Waals surface area contributed by atoms with Crippen LogP contribution in [0.25, 0.3) is 0 Å². The first-order valence-corrected chi connectivity index (χ1v) is 8.69. The molecular weight excluding hydrogens is 288 g/mol. The number of fused-ring (bicyclic) bond motifs is 1. The van der Waals surface area contributed by atoms with Crippen LogP contribution in [-0.4, -0.2) is 31.3 Å². The molecule has 0 saturated carbocycles. The Labute approximate surface area is 138 Å². The van der Waals surface area contributed by atoms with E-state index in [2.05, 4.69) is 5.32 Å². The van der Waals surface area contributed by atoms with Crippen molar-refractivity contribution in [3.8, 4) is 0 Å². The third kappa shape index (κ3) is 3.05. The van der Waals surface area contributed by atoms with Gasteiger partial charge in [-0.05, 0) is 62.5 Å². The van der Waals surface area contributed by atoms with Crippen molar-refractivity contribution < 1.29 is 9.59 Å². The van der Waals surface area contributed by atoms with Crippen molar-refractivity contribution in [1.82, 2.24) is 5.32 Å². The van der Waals surface area contributed by atoms with Gasteiger partial charge < -0.3 is 10.2 Å². The van der Waals surface area contributed by atoms with Gasteiger partial charge in [0.05, 0.1) is 5.92 Å². The van der Waals surface area contributed by atoms with Gasteiger partial charge in [0, 0.05) is 23.7 Å². The van der Waals surface area contributed by atoms with Crippen LogP contribution >= 0.6 is 0 Å². The van der Waals surface area contributed by atoms with Crippen LogP contribution in [0.1, 0.15) is 55.5 Å². The van der Waals surface area contributed by atoms with Crippen molar-refractivity contribution in [2.45, 2.75) is 39.5 Å². The van der Waals surface area contributed by atoms with E-state index >= 15 is 0 Å². The molecule has 1 amide bonds. The molecule has 0 aromatic heterocycles. The summed E-state index contributed by atoms with van der Waals surface area (Å²) in [5.74, 6) is 0.713. The molecule has 2 aliphatic heterocycles. The van der Waals surface area contributed by atoms with Gasteiger partial charge in [0.25, 0.3) is 0 Å². The first-order valence-electron chi connectivity index (χ1n) is 8.69. The number of rotatable bonds is 4. The Morgan fingerprint density at radius 2 is 2.00 bits per heavy atom. The minimum Gasteiger partial charge on any atom is -0.317 e. The third-order valence-electron chi connectivity index (χ3n) is 5.13. The molecule has 4 nitrogen and oxygen atoms in total. The zero-order valence-electron chi connectivity index (χ0n) is 14.3. The number of amides is 1. The van der Waals surface area contributed by atoms with Gasteiger partial charge in [0.1, 0.15) is 0 Å². The van der Waals surface area contributed by atoms with Crippen LogP contribution in [0.2, 0.25) is 0 Å². The highest BCUT2D eigenvalue weighted by Gasteiger charge is 2.36. The molecule has 23 heavy (non-hydrogen) atoms. The number of hydrogen-bond acceptors (Lipinski definition) is 3. The highest BCUT2D eigenvalue weighted by atomic mass is 16.2. The molecule has 1 atom stereocenters. The van der Waals surface area contributed by atoms with Gasteiger partial charge in [-0.3, -0.25) is 9.59 Å². The SMILES string of the molecule is CC(C)C(=O)c1ccc2c(c1)C(C)C(=O)N2CC1CCNCC1. The summed E-state index contributed by atoms with van der Waals surface area (Å²) in [6.45, 7) is 8.65. The van der Waals surface area contributed by atoms with Crippen molar-refractivity contribution in [3.05, 3.63) is 29.3 Å². The fraction of sp³-hybridized carbons (Fsp3) is 0.579. The summed E-state index contributed by atoms with van der Waals surface area (Å²) < 4.78 is 0. The molecule has 0 aliphatic carbocycles. The van der Waals surface area contributed by atoms with Gasteiger partial charge in [-0.2, -0.15) is 0 Å². The maximum atomic E-state index is 12.7. The Hall–Kier alpha value is -1.68. The number of Topliss-reactive ketones (excluding diaryl/α,β-unsaturated/α-hetero) is 1. The zero-order valence-corrected chi connectivity index (χ0v) is 14.3. The number of ketones is 1. The van der Waals surface area contributed by atoms with Gasteiger partial charge in [-0.1, -0.05) is 13.8 Å². The Balaban J connectivity index is 1.86. The minimum atomic E-state index is -0.147. The number of nitrogens with zero attached hydrogens (tertiary/aromatic N) is 1. The van der Waals surface area contributed by atoms with Crippen molar-refractivity contribution in [2.24, 2.45) is 11.8 Å². The van der Waals surface area contributed by atoms with E-state index < -0.39 is 0 Å². The van der Waals surface area contributed by atoms with Crippen LogP contribution < -0.4 is 10.2 Å². The van der Waals surface area contributed by atoms with Gasteiger partial charge in [-0.15, -0.1) is 0 Å². The quantitative estimate of drug-likeness (QED) is 0.869. The maximum Gasteiger partial charge on any atom is 0.234 e. The standard InChI is InChI=1S/C19H26N2O2/c1-12(2)18(22)15-4-5-17-16(10-15)13(3)19(23)21(17)11-14-6-8-20-9-7-14/h4-5,10,12-14,20H,6-9,11H2,1-3H3. The summed E-state index contributed by atoms with van der Waals surface area (Å²) in [5, 5.41) is 3.37. The number of piperidine rings is 1. The number of carbonyl (C=O) groups is 2. The molecule has 3 rings (SSSR count). The van der Waals surface area contributed by atoms with Crippen LogP contribution in [0.5, 0.6) is 0 Å². The molecular formula is C19H26N2O2. The molecule has 0 spiro atoms. The van der Waals surface area contributed by atoms with E-state index in [-0.39, 0.29) is 23.5 Å². The Kier molecular flexibility index (Phi) is 4.53. The second kappa shape index (κ2) is 6.44. The Bertz CT molecular complexity index is 618. The molecule has 2 heterocycles. The summed E-state index contributed by atoms with van der Waals surface area (Å²) in [6, 6.07) is 5.78.